The van der Waals surface area contributed by atoms with Crippen molar-refractivity contribution in [1.29, 1.82) is 0 Å². The van der Waals surface area contributed by atoms with E-state index < -0.39 is 5.97 Å². The van der Waals surface area contributed by atoms with Crippen LogP contribution in [0, 0.1) is 6.92 Å². The van der Waals surface area contributed by atoms with E-state index in [0.717, 1.165) is 5.69 Å². The minimum absolute atomic E-state index is 0.114. The van der Waals surface area contributed by atoms with Gasteiger partial charge >= 0.3 is 5.97 Å². The van der Waals surface area contributed by atoms with Gasteiger partial charge in [0.2, 0.25) is 0 Å². The maximum absolute atomic E-state index is 11.5. The number of carboxylic acids is 1. The average Bonchev–Trinajstić information content (AvgIpc) is 2.22. The number of allylic oxidation sites excluding steroid dienone is 1. The Kier molecular flexibility index (Phi) is 4.05. The van der Waals surface area contributed by atoms with E-state index in [4.69, 9.17) is 5.11 Å². The Morgan fingerprint density at radius 3 is 2.69 bits per heavy atom. The van der Waals surface area contributed by atoms with E-state index in [9.17, 15) is 9.59 Å². The van der Waals surface area contributed by atoms with Crippen molar-refractivity contribution in [2.75, 3.05) is 0 Å². The number of aryl methyl sites for hydroxylation is 1. The highest BCUT2D eigenvalue weighted by Gasteiger charge is 2.04. The molecule has 0 amide bonds. The fourth-order valence-electron chi connectivity index (χ4n) is 1.44. The van der Waals surface area contributed by atoms with Gasteiger partial charge in [0.1, 0.15) is 0 Å². The number of hydrogen-bond acceptors (Lipinski definition) is 2. The van der Waals surface area contributed by atoms with E-state index in [0.29, 0.717) is 18.5 Å². The fourth-order valence-corrected chi connectivity index (χ4v) is 1.44. The zero-order valence-corrected chi connectivity index (χ0v) is 9.43. The third-order valence-electron chi connectivity index (χ3n) is 2.44. The van der Waals surface area contributed by atoms with Gasteiger partial charge in [0.25, 0.3) is 5.56 Å². The summed E-state index contributed by atoms with van der Waals surface area (Å²) in [6, 6.07) is 4.98. The quantitative estimate of drug-likeness (QED) is 0.785. The molecule has 4 heteroatoms. The molecule has 4 nitrogen and oxygen atoms in total. The molecule has 86 valence electrons. The summed E-state index contributed by atoms with van der Waals surface area (Å²) < 4.78 is 1.54. The van der Waals surface area contributed by atoms with Gasteiger partial charge in [-0.1, -0.05) is 19.1 Å². The molecular weight excluding hydrogens is 206 g/mol. The van der Waals surface area contributed by atoms with Crippen LogP contribution in [0.25, 0.3) is 0 Å². The van der Waals surface area contributed by atoms with Crippen LogP contribution in [0.2, 0.25) is 0 Å². The first-order valence-electron chi connectivity index (χ1n) is 5.15. The molecule has 0 aliphatic carbocycles. The van der Waals surface area contributed by atoms with E-state index in [1.165, 1.54) is 6.07 Å². The summed E-state index contributed by atoms with van der Waals surface area (Å²) in [6.45, 7) is 3.91. The monoisotopic (exact) mass is 221 g/mol. The molecule has 0 bridgehead atoms. The molecule has 0 aromatic carbocycles. The second-order valence-electron chi connectivity index (χ2n) is 3.50. The number of pyridine rings is 1. The lowest BCUT2D eigenvalue weighted by atomic mass is 10.2. The molecule has 0 spiro atoms. The van der Waals surface area contributed by atoms with Crippen molar-refractivity contribution >= 4 is 5.97 Å². The molecule has 1 heterocycles. The summed E-state index contributed by atoms with van der Waals surface area (Å²) in [4.78, 5) is 22.3. The Bertz CT molecular complexity index is 471. The SMILES string of the molecule is CCC(=CCn1c(C)cccc1=O)C(=O)O. The van der Waals surface area contributed by atoms with Crippen LogP contribution in [0.5, 0.6) is 0 Å². The average molecular weight is 221 g/mol. The number of aromatic nitrogens is 1. The smallest absolute Gasteiger partial charge is 0.331 e. The maximum Gasteiger partial charge on any atom is 0.331 e. The Morgan fingerprint density at radius 1 is 1.50 bits per heavy atom. The van der Waals surface area contributed by atoms with Gasteiger partial charge in [-0.05, 0) is 19.4 Å². The molecule has 0 unspecified atom stereocenters. The van der Waals surface area contributed by atoms with Gasteiger partial charge in [-0.25, -0.2) is 4.79 Å². The first-order chi connectivity index (χ1) is 7.56. The molecule has 1 aromatic rings. The van der Waals surface area contributed by atoms with Crippen LogP contribution in [0.15, 0.2) is 34.6 Å². The molecule has 1 N–H and O–H groups in total. The standard InChI is InChI=1S/C12H15NO3/c1-3-10(12(15)16)7-8-13-9(2)5-4-6-11(13)14/h4-7H,3,8H2,1-2H3,(H,15,16). The molecule has 0 aliphatic rings. The minimum atomic E-state index is -0.927. The van der Waals surface area contributed by atoms with Gasteiger partial charge in [-0.2, -0.15) is 0 Å². The zero-order valence-electron chi connectivity index (χ0n) is 9.43. The first-order valence-corrected chi connectivity index (χ1v) is 5.15. The van der Waals surface area contributed by atoms with Gasteiger partial charge in [-0.3, -0.25) is 4.79 Å². The molecule has 0 saturated carbocycles. The van der Waals surface area contributed by atoms with Crippen LogP contribution >= 0.6 is 0 Å². The van der Waals surface area contributed by atoms with Crippen molar-refractivity contribution in [2.45, 2.75) is 26.8 Å². The predicted octanol–water partition coefficient (Wildman–Crippen LogP) is 1.58. The van der Waals surface area contributed by atoms with Crippen molar-refractivity contribution in [3.8, 4) is 0 Å². The van der Waals surface area contributed by atoms with E-state index in [-0.39, 0.29) is 5.56 Å². The van der Waals surface area contributed by atoms with Crippen LogP contribution in [0.4, 0.5) is 0 Å². The van der Waals surface area contributed by atoms with Gasteiger partial charge in [0.05, 0.1) is 0 Å². The van der Waals surface area contributed by atoms with Crippen LogP contribution in [0.1, 0.15) is 19.0 Å². The molecule has 0 fully saturated rings. The Hall–Kier alpha value is -1.84. The van der Waals surface area contributed by atoms with Gasteiger partial charge < -0.3 is 9.67 Å². The summed E-state index contributed by atoms with van der Waals surface area (Å²) in [5, 5.41) is 8.83. The summed E-state index contributed by atoms with van der Waals surface area (Å²) in [5.74, 6) is -0.927. The Labute approximate surface area is 93.8 Å². The molecule has 0 radical (unpaired) electrons. The zero-order chi connectivity index (χ0) is 12.1. The van der Waals surface area contributed by atoms with E-state index in [1.807, 2.05) is 13.0 Å². The summed E-state index contributed by atoms with van der Waals surface area (Å²) in [5.41, 5.74) is 1.04. The van der Waals surface area contributed by atoms with E-state index in [2.05, 4.69) is 0 Å². The molecule has 1 rings (SSSR count). The van der Waals surface area contributed by atoms with Crippen molar-refractivity contribution in [3.63, 3.8) is 0 Å². The number of carbonyl (C=O) groups is 1. The van der Waals surface area contributed by atoms with Gasteiger partial charge in [0, 0.05) is 23.9 Å². The highest BCUT2D eigenvalue weighted by atomic mass is 16.4. The van der Waals surface area contributed by atoms with Crippen LogP contribution in [-0.2, 0) is 11.3 Å². The molecule has 16 heavy (non-hydrogen) atoms. The van der Waals surface area contributed by atoms with Crippen molar-refractivity contribution < 1.29 is 9.90 Å². The second kappa shape index (κ2) is 5.30. The topological polar surface area (TPSA) is 59.3 Å². The highest BCUT2D eigenvalue weighted by molar-refractivity contribution is 5.86. The highest BCUT2D eigenvalue weighted by Crippen LogP contribution is 2.02. The molecular formula is C12H15NO3. The van der Waals surface area contributed by atoms with E-state index >= 15 is 0 Å². The van der Waals surface area contributed by atoms with Gasteiger partial charge in [0.15, 0.2) is 0 Å². The molecule has 0 atom stereocenters. The minimum Gasteiger partial charge on any atom is -0.478 e. The van der Waals surface area contributed by atoms with Crippen molar-refractivity contribution in [1.82, 2.24) is 4.57 Å². The Balaban J connectivity index is 2.98. The number of carboxylic acid groups (broad SMARTS) is 1. The van der Waals surface area contributed by atoms with Crippen molar-refractivity contribution in [3.05, 3.63) is 45.9 Å². The number of nitrogens with zero attached hydrogens (tertiary/aromatic N) is 1. The summed E-state index contributed by atoms with van der Waals surface area (Å²) in [6.07, 6.45) is 2.03. The lowest BCUT2D eigenvalue weighted by Crippen LogP contribution is -2.20. The van der Waals surface area contributed by atoms with Crippen LogP contribution < -0.4 is 5.56 Å². The molecule has 1 aromatic heterocycles. The third-order valence-corrected chi connectivity index (χ3v) is 2.44. The van der Waals surface area contributed by atoms with Gasteiger partial charge in [-0.15, -0.1) is 0 Å². The lowest BCUT2D eigenvalue weighted by molar-refractivity contribution is -0.132. The van der Waals surface area contributed by atoms with Crippen LogP contribution in [-0.4, -0.2) is 15.6 Å². The largest absolute Gasteiger partial charge is 0.478 e. The lowest BCUT2D eigenvalue weighted by Gasteiger charge is -2.06. The third kappa shape index (κ3) is 2.82. The van der Waals surface area contributed by atoms with Crippen molar-refractivity contribution in [2.24, 2.45) is 0 Å². The number of hydrogen-bond donors (Lipinski definition) is 1. The number of rotatable bonds is 4. The molecule has 0 saturated heterocycles. The summed E-state index contributed by atoms with van der Waals surface area (Å²) >= 11 is 0. The maximum atomic E-state index is 11.5. The number of aliphatic carboxylic acids is 1. The molecule has 0 aliphatic heterocycles. The second-order valence-corrected chi connectivity index (χ2v) is 3.50. The Morgan fingerprint density at radius 2 is 2.19 bits per heavy atom. The summed E-state index contributed by atoms with van der Waals surface area (Å²) in [7, 11) is 0. The van der Waals surface area contributed by atoms with Crippen LogP contribution in [0.3, 0.4) is 0 Å². The normalized spacial score (nSPS) is 11.5. The first kappa shape index (κ1) is 12.2. The fraction of sp³-hybridized carbons (Fsp3) is 0.333. The predicted molar refractivity (Wildman–Crippen MR) is 61.4 cm³/mol. The van der Waals surface area contributed by atoms with E-state index in [1.54, 1.807) is 23.6 Å².